The molecular formula is C15H15N7O2. The lowest BCUT2D eigenvalue weighted by Gasteiger charge is -2.04. The number of rotatable bonds is 4. The standard InChI is InChI=1S/C15H15N7O2/c1-8-6-12(21-19-8)17-14(23)10-4-3-5-11(16-10)15(24)18-13-7-9(2)20-22-13/h3-7H,1-2H3,(H2,17,19,21,23)(H2,18,20,22,24). The average molecular weight is 325 g/mol. The molecule has 0 radical (unpaired) electrons. The number of carbonyl (C=O) groups excluding carboxylic acids is 2. The second-order valence-corrected chi connectivity index (χ2v) is 5.19. The van der Waals surface area contributed by atoms with Crippen LogP contribution in [0.25, 0.3) is 0 Å². The van der Waals surface area contributed by atoms with Crippen LogP contribution in [0.1, 0.15) is 32.4 Å². The van der Waals surface area contributed by atoms with E-state index in [-0.39, 0.29) is 11.4 Å². The lowest BCUT2D eigenvalue weighted by atomic mass is 10.2. The number of anilines is 2. The number of nitrogens with one attached hydrogen (secondary N) is 4. The average Bonchev–Trinajstić information content (AvgIpc) is 3.15. The highest BCUT2D eigenvalue weighted by Crippen LogP contribution is 2.09. The largest absolute Gasteiger partial charge is 0.304 e. The third-order valence-corrected chi connectivity index (χ3v) is 3.11. The summed E-state index contributed by atoms with van der Waals surface area (Å²) in [6.07, 6.45) is 0. The summed E-state index contributed by atoms with van der Waals surface area (Å²) in [4.78, 5) is 28.4. The topological polar surface area (TPSA) is 128 Å². The molecular weight excluding hydrogens is 310 g/mol. The predicted octanol–water partition coefficient (Wildman–Crippen LogP) is 1.65. The molecule has 0 spiro atoms. The molecule has 3 heterocycles. The first-order valence-electron chi connectivity index (χ1n) is 7.15. The summed E-state index contributed by atoms with van der Waals surface area (Å²) in [5.41, 5.74) is 1.87. The van der Waals surface area contributed by atoms with Crippen molar-refractivity contribution in [2.45, 2.75) is 13.8 Å². The minimum atomic E-state index is -0.452. The van der Waals surface area contributed by atoms with Crippen molar-refractivity contribution in [1.29, 1.82) is 0 Å². The van der Waals surface area contributed by atoms with Gasteiger partial charge in [-0.25, -0.2) is 4.98 Å². The number of aryl methyl sites for hydroxylation is 2. The third-order valence-electron chi connectivity index (χ3n) is 3.11. The Morgan fingerprint density at radius 2 is 1.33 bits per heavy atom. The highest BCUT2D eigenvalue weighted by molar-refractivity contribution is 6.05. The van der Waals surface area contributed by atoms with E-state index in [0.29, 0.717) is 11.6 Å². The third kappa shape index (κ3) is 3.46. The van der Waals surface area contributed by atoms with Crippen LogP contribution in [0.3, 0.4) is 0 Å². The minimum Gasteiger partial charge on any atom is -0.304 e. The predicted molar refractivity (Wildman–Crippen MR) is 86.8 cm³/mol. The molecule has 0 aliphatic heterocycles. The van der Waals surface area contributed by atoms with Crippen LogP contribution in [0.15, 0.2) is 30.3 Å². The first kappa shape index (κ1) is 15.4. The van der Waals surface area contributed by atoms with Crippen molar-refractivity contribution in [1.82, 2.24) is 25.4 Å². The second-order valence-electron chi connectivity index (χ2n) is 5.19. The van der Waals surface area contributed by atoms with Gasteiger partial charge in [0.2, 0.25) is 0 Å². The van der Waals surface area contributed by atoms with Gasteiger partial charge >= 0.3 is 0 Å². The van der Waals surface area contributed by atoms with E-state index >= 15 is 0 Å². The highest BCUT2D eigenvalue weighted by Gasteiger charge is 2.14. The summed E-state index contributed by atoms with van der Waals surface area (Å²) in [6.45, 7) is 3.64. The summed E-state index contributed by atoms with van der Waals surface area (Å²) in [6, 6.07) is 8.00. The van der Waals surface area contributed by atoms with E-state index in [4.69, 9.17) is 0 Å². The molecule has 0 fully saturated rings. The lowest BCUT2D eigenvalue weighted by molar-refractivity contribution is 0.101. The van der Waals surface area contributed by atoms with Crippen LogP contribution in [0.5, 0.6) is 0 Å². The number of hydrogen-bond acceptors (Lipinski definition) is 5. The highest BCUT2D eigenvalue weighted by atomic mass is 16.2. The van der Waals surface area contributed by atoms with E-state index in [1.54, 1.807) is 18.2 Å². The maximum atomic E-state index is 12.2. The van der Waals surface area contributed by atoms with Crippen LogP contribution in [-0.4, -0.2) is 37.2 Å². The Balaban J connectivity index is 1.73. The maximum Gasteiger partial charge on any atom is 0.275 e. The molecule has 0 unspecified atom stereocenters. The van der Waals surface area contributed by atoms with Crippen molar-refractivity contribution in [3.63, 3.8) is 0 Å². The molecule has 3 aromatic heterocycles. The van der Waals surface area contributed by atoms with Crippen LogP contribution in [0.4, 0.5) is 11.6 Å². The van der Waals surface area contributed by atoms with Gasteiger partial charge in [-0.15, -0.1) is 0 Å². The molecule has 24 heavy (non-hydrogen) atoms. The molecule has 0 saturated heterocycles. The summed E-state index contributed by atoms with van der Waals surface area (Å²) in [5, 5.41) is 18.5. The van der Waals surface area contributed by atoms with Crippen molar-refractivity contribution >= 4 is 23.5 Å². The fourth-order valence-corrected chi connectivity index (χ4v) is 2.01. The van der Waals surface area contributed by atoms with Gasteiger partial charge in [0, 0.05) is 23.5 Å². The number of H-pyrrole nitrogens is 2. The van der Waals surface area contributed by atoms with Gasteiger partial charge < -0.3 is 10.6 Å². The number of pyridine rings is 1. The Morgan fingerprint density at radius 3 is 1.71 bits per heavy atom. The quantitative estimate of drug-likeness (QED) is 0.580. The molecule has 3 rings (SSSR count). The molecule has 0 aliphatic carbocycles. The van der Waals surface area contributed by atoms with E-state index in [1.807, 2.05) is 13.8 Å². The molecule has 0 saturated carbocycles. The molecule has 0 aliphatic rings. The molecule has 3 aromatic rings. The van der Waals surface area contributed by atoms with Gasteiger partial charge in [0.05, 0.1) is 0 Å². The number of nitrogens with zero attached hydrogens (tertiary/aromatic N) is 3. The van der Waals surface area contributed by atoms with E-state index in [9.17, 15) is 9.59 Å². The van der Waals surface area contributed by atoms with E-state index in [1.165, 1.54) is 12.1 Å². The van der Waals surface area contributed by atoms with Crippen molar-refractivity contribution in [3.8, 4) is 0 Å². The zero-order valence-corrected chi connectivity index (χ0v) is 13.0. The molecule has 9 nitrogen and oxygen atoms in total. The lowest BCUT2D eigenvalue weighted by Crippen LogP contribution is -2.18. The van der Waals surface area contributed by atoms with Gasteiger partial charge in [-0.3, -0.25) is 19.8 Å². The zero-order chi connectivity index (χ0) is 17.1. The van der Waals surface area contributed by atoms with Gasteiger partial charge in [0.15, 0.2) is 11.6 Å². The molecule has 122 valence electrons. The molecule has 0 atom stereocenters. The Kier molecular flexibility index (Phi) is 4.06. The summed E-state index contributed by atoms with van der Waals surface area (Å²) in [5.74, 6) is -0.124. The van der Waals surface area contributed by atoms with Gasteiger partial charge in [0.25, 0.3) is 11.8 Å². The second kappa shape index (κ2) is 6.32. The number of aromatic nitrogens is 5. The van der Waals surface area contributed by atoms with Crippen molar-refractivity contribution in [2.24, 2.45) is 0 Å². The molecule has 0 bridgehead atoms. The molecule has 2 amide bonds. The molecule has 4 N–H and O–H groups in total. The van der Waals surface area contributed by atoms with Crippen molar-refractivity contribution < 1.29 is 9.59 Å². The van der Waals surface area contributed by atoms with Crippen LogP contribution in [-0.2, 0) is 0 Å². The van der Waals surface area contributed by atoms with Crippen LogP contribution >= 0.6 is 0 Å². The smallest absolute Gasteiger partial charge is 0.275 e. The van der Waals surface area contributed by atoms with Gasteiger partial charge in [-0.2, -0.15) is 10.2 Å². The van der Waals surface area contributed by atoms with E-state index in [2.05, 4.69) is 36.0 Å². The SMILES string of the molecule is Cc1cc(NC(=O)c2cccc(C(=O)Nc3cc(C)[nH]n3)n2)n[nH]1. The van der Waals surface area contributed by atoms with Crippen LogP contribution in [0.2, 0.25) is 0 Å². The Bertz CT molecular complexity index is 827. The molecule has 0 aromatic carbocycles. The Hall–Kier alpha value is -3.49. The number of hydrogen-bond donors (Lipinski definition) is 4. The monoisotopic (exact) mass is 325 g/mol. The Labute approximate surface area is 136 Å². The fourth-order valence-electron chi connectivity index (χ4n) is 2.01. The summed E-state index contributed by atoms with van der Waals surface area (Å²) < 4.78 is 0. The summed E-state index contributed by atoms with van der Waals surface area (Å²) in [7, 11) is 0. The first-order chi connectivity index (χ1) is 11.5. The Morgan fingerprint density at radius 1 is 0.875 bits per heavy atom. The summed E-state index contributed by atoms with van der Waals surface area (Å²) >= 11 is 0. The van der Waals surface area contributed by atoms with Gasteiger partial charge in [-0.05, 0) is 26.0 Å². The fraction of sp³-hybridized carbons (Fsp3) is 0.133. The number of carbonyl (C=O) groups is 2. The first-order valence-corrected chi connectivity index (χ1v) is 7.15. The van der Waals surface area contributed by atoms with Crippen LogP contribution in [0, 0.1) is 13.8 Å². The minimum absolute atomic E-state index is 0.113. The van der Waals surface area contributed by atoms with E-state index < -0.39 is 11.8 Å². The zero-order valence-electron chi connectivity index (χ0n) is 13.0. The van der Waals surface area contributed by atoms with E-state index in [0.717, 1.165) is 11.4 Å². The van der Waals surface area contributed by atoms with Crippen molar-refractivity contribution in [2.75, 3.05) is 10.6 Å². The normalized spacial score (nSPS) is 10.4. The number of amides is 2. The maximum absolute atomic E-state index is 12.2. The van der Waals surface area contributed by atoms with Gasteiger partial charge in [0.1, 0.15) is 11.4 Å². The van der Waals surface area contributed by atoms with Crippen LogP contribution < -0.4 is 10.6 Å². The number of aromatic amines is 2. The molecule has 9 heteroatoms. The van der Waals surface area contributed by atoms with Crippen molar-refractivity contribution in [3.05, 3.63) is 53.1 Å². The van der Waals surface area contributed by atoms with Gasteiger partial charge in [-0.1, -0.05) is 6.07 Å².